The van der Waals surface area contributed by atoms with Gasteiger partial charge in [0.05, 0.1) is 18.4 Å². The van der Waals surface area contributed by atoms with E-state index in [2.05, 4.69) is 17.4 Å². The van der Waals surface area contributed by atoms with Crippen LogP contribution in [0.15, 0.2) is 66.7 Å². The number of anilines is 1. The zero-order valence-corrected chi connectivity index (χ0v) is 19.1. The fraction of sp³-hybridized carbons (Fsp3) is 0.222. The molecule has 1 atom stereocenters. The Morgan fingerprint density at radius 2 is 1.66 bits per heavy atom. The number of aliphatic carboxylic acids is 1. The number of carbonyl (C=O) groups excluding carboxylic acids is 2. The molecular weight excluding hydrogens is 448 g/mol. The van der Waals surface area contributed by atoms with E-state index in [9.17, 15) is 19.5 Å². The van der Waals surface area contributed by atoms with Gasteiger partial charge in [0, 0.05) is 18.5 Å². The molecule has 5 rings (SSSR count). The number of carbonyl (C=O) groups is 3. The maximum atomic E-state index is 13.0. The third-order valence-electron chi connectivity index (χ3n) is 6.60. The average Bonchev–Trinajstić information content (AvgIpc) is 3.15. The number of hydrogen-bond donors (Lipinski definition) is 2. The molecule has 3 aromatic carbocycles. The van der Waals surface area contributed by atoms with Crippen LogP contribution in [0.5, 0.6) is 5.75 Å². The minimum Gasteiger partial charge on any atom is -0.497 e. The lowest BCUT2D eigenvalue weighted by Crippen LogP contribution is -2.55. The van der Waals surface area contributed by atoms with Gasteiger partial charge in [-0.3, -0.25) is 10.1 Å². The number of amides is 2. The van der Waals surface area contributed by atoms with Crippen molar-refractivity contribution in [2.45, 2.75) is 18.4 Å². The number of benzene rings is 3. The van der Waals surface area contributed by atoms with Gasteiger partial charge in [0.2, 0.25) is 0 Å². The Hall–Kier alpha value is -4.33. The van der Waals surface area contributed by atoms with Crippen molar-refractivity contribution in [3.05, 3.63) is 83.4 Å². The first-order chi connectivity index (χ1) is 17.0. The number of likely N-dealkylation sites (tertiary alicyclic amines) is 1. The van der Waals surface area contributed by atoms with Crippen LogP contribution in [0.3, 0.4) is 0 Å². The molecular formula is C27H24N2O6. The summed E-state index contributed by atoms with van der Waals surface area (Å²) in [5.41, 5.74) is 4.81. The predicted molar refractivity (Wildman–Crippen MR) is 129 cm³/mol. The molecule has 0 radical (unpaired) electrons. The van der Waals surface area contributed by atoms with Gasteiger partial charge in [-0.2, -0.15) is 0 Å². The van der Waals surface area contributed by atoms with Gasteiger partial charge in [-0.25, -0.2) is 9.59 Å². The van der Waals surface area contributed by atoms with Crippen molar-refractivity contribution in [3.8, 4) is 16.9 Å². The minimum absolute atomic E-state index is 0.100. The standard InChI is InChI=1S/C27H24N2O6/c1-34-16-10-11-21(25(30)29-13-12-24(29)26(31)32)23(14-16)28-27(33)35-15-22-19-8-4-2-6-17(19)18-7-3-5-9-20(18)22/h2-11,14,22,24H,12-13,15H2,1H3,(H,28,33)(H,31,32). The minimum atomic E-state index is -1.05. The molecule has 0 bridgehead atoms. The topological polar surface area (TPSA) is 105 Å². The summed E-state index contributed by atoms with van der Waals surface area (Å²) >= 11 is 0. The molecule has 1 aliphatic carbocycles. The van der Waals surface area contributed by atoms with E-state index in [0.717, 1.165) is 22.3 Å². The molecule has 35 heavy (non-hydrogen) atoms. The van der Waals surface area contributed by atoms with Crippen molar-refractivity contribution in [2.24, 2.45) is 0 Å². The molecule has 0 aromatic heterocycles. The van der Waals surface area contributed by atoms with E-state index in [1.807, 2.05) is 36.4 Å². The molecule has 2 amide bonds. The van der Waals surface area contributed by atoms with E-state index < -0.39 is 24.0 Å². The Balaban J connectivity index is 1.33. The van der Waals surface area contributed by atoms with Crippen LogP contribution < -0.4 is 10.1 Å². The van der Waals surface area contributed by atoms with Gasteiger partial charge < -0.3 is 19.5 Å². The van der Waals surface area contributed by atoms with Crippen molar-refractivity contribution in [3.63, 3.8) is 0 Å². The number of ether oxygens (including phenoxy) is 2. The Morgan fingerprint density at radius 3 is 2.23 bits per heavy atom. The van der Waals surface area contributed by atoms with Gasteiger partial charge in [-0.15, -0.1) is 0 Å². The smallest absolute Gasteiger partial charge is 0.411 e. The van der Waals surface area contributed by atoms with Crippen molar-refractivity contribution < 1.29 is 29.0 Å². The van der Waals surface area contributed by atoms with Crippen molar-refractivity contribution in [2.75, 3.05) is 25.6 Å². The number of nitrogens with one attached hydrogen (secondary N) is 1. The molecule has 2 N–H and O–H groups in total. The van der Waals surface area contributed by atoms with Crippen LogP contribution in [-0.4, -0.2) is 54.3 Å². The number of methoxy groups -OCH3 is 1. The van der Waals surface area contributed by atoms with Gasteiger partial charge in [0.25, 0.3) is 5.91 Å². The molecule has 0 saturated carbocycles. The second-order valence-electron chi connectivity index (χ2n) is 8.50. The van der Waals surface area contributed by atoms with Gasteiger partial charge >= 0.3 is 12.1 Å². The number of carboxylic acids is 1. The fourth-order valence-electron chi connectivity index (χ4n) is 4.73. The van der Waals surface area contributed by atoms with E-state index in [1.54, 1.807) is 6.07 Å². The van der Waals surface area contributed by atoms with E-state index in [-0.39, 0.29) is 23.8 Å². The Morgan fingerprint density at radius 1 is 1.00 bits per heavy atom. The molecule has 178 valence electrons. The summed E-state index contributed by atoms with van der Waals surface area (Å²) in [5, 5.41) is 12.0. The van der Waals surface area contributed by atoms with E-state index in [1.165, 1.54) is 24.1 Å². The number of hydrogen-bond acceptors (Lipinski definition) is 5. The van der Waals surface area contributed by atoms with Crippen LogP contribution in [0.1, 0.15) is 33.8 Å². The lowest BCUT2D eigenvalue weighted by Gasteiger charge is -2.38. The number of nitrogens with zero attached hydrogens (tertiary/aromatic N) is 1. The van der Waals surface area contributed by atoms with E-state index >= 15 is 0 Å². The summed E-state index contributed by atoms with van der Waals surface area (Å²) in [6, 6.07) is 19.8. The van der Waals surface area contributed by atoms with Crippen LogP contribution in [0.4, 0.5) is 10.5 Å². The van der Waals surface area contributed by atoms with Crippen LogP contribution in [0.2, 0.25) is 0 Å². The van der Waals surface area contributed by atoms with Crippen molar-refractivity contribution in [1.82, 2.24) is 4.90 Å². The fourth-order valence-corrected chi connectivity index (χ4v) is 4.73. The van der Waals surface area contributed by atoms with Gasteiger partial charge in [0.15, 0.2) is 0 Å². The monoisotopic (exact) mass is 472 g/mol. The summed E-state index contributed by atoms with van der Waals surface area (Å²) in [5.74, 6) is -1.18. The molecule has 3 aromatic rings. The average molecular weight is 472 g/mol. The number of rotatable bonds is 6. The van der Waals surface area contributed by atoms with E-state index in [4.69, 9.17) is 9.47 Å². The lowest BCUT2D eigenvalue weighted by atomic mass is 9.98. The summed E-state index contributed by atoms with van der Waals surface area (Å²) in [6.07, 6.45) is -0.320. The van der Waals surface area contributed by atoms with Crippen LogP contribution in [0.25, 0.3) is 11.1 Å². The van der Waals surface area contributed by atoms with Crippen LogP contribution in [-0.2, 0) is 9.53 Å². The van der Waals surface area contributed by atoms with Crippen molar-refractivity contribution in [1.29, 1.82) is 0 Å². The maximum Gasteiger partial charge on any atom is 0.411 e. The van der Waals surface area contributed by atoms with Crippen LogP contribution in [0, 0.1) is 0 Å². The Bertz CT molecular complexity index is 1280. The first-order valence-corrected chi connectivity index (χ1v) is 11.3. The van der Waals surface area contributed by atoms with Crippen LogP contribution >= 0.6 is 0 Å². The molecule has 1 aliphatic heterocycles. The molecule has 1 unspecified atom stereocenters. The van der Waals surface area contributed by atoms with Gasteiger partial charge in [-0.05, 0) is 40.8 Å². The number of fused-ring (bicyclic) bond motifs is 3. The lowest BCUT2D eigenvalue weighted by molar-refractivity contribution is -0.146. The summed E-state index contributed by atoms with van der Waals surface area (Å²) < 4.78 is 10.8. The largest absolute Gasteiger partial charge is 0.497 e. The molecule has 1 heterocycles. The third kappa shape index (κ3) is 4.07. The highest BCUT2D eigenvalue weighted by Crippen LogP contribution is 2.44. The summed E-state index contributed by atoms with van der Waals surface area (Å²) in [4.78, 5) is 38.5. The predicted octanol–water partition coefficient (Wildman–Crippen LogP) is 4.36. The first kappa shape index (κ1) is 22.5. The van der Waals surface area contributed by atoms with Crippen molar-refractivity contribution >= 4 is 23.7 Å². The second-order valence-corrected chi connectivity index (χ2v) is 8.50. The summed E-state index contributed by atoms with van der Waals surface area (Å²) in [7, 11) is 1.48. The summed E-state index contributed by atoms with van der Waals surface area (Å²) in [6.45, 7) is 0.465. The maximum absolute atomic E-state index is 13.0. The highest BCUT2D eigenvalue weighted by molar-refractivity contribution is 6.04. The highest BCUT2D eigenvalue weighted by atomic mass is 16.5. The molecule has 8 heteroatoms. The van der Waals surface area contributed by atoms with E-state index in [0.29, 0.717) is 18.7 Å². The quantitative estimate of drug-likeness (QED) is 0.553. The number of carboxylic acid groups (broad SMARTS) is 1. The van der Waals surface area contributed by atoms with Gasteiger partial charge in [-0.1, -0.05) is 48.5 Å². The molecule has 1 saturated heterocycles. The normalized spacial score (nSPS) is 16.0. The molecule has 8 nitrogen and oxygen atoms in total. The molecule has 2 aliphatic rings. The van der Waals surface area contributed by atoms with Gasteiger partial charge in [0.1, 0.15) is 18.4 Å². The molecule has 1 fully saturated rings. The molecule has 0 spiro atoms. The first-order valence-electron chi connectivity index (χ1n) is 11.3. The zero-order valence-electron chi connectivity index (χ0n) is 19.1. The highest BCUT2D eigenvalue weighted by Gasteiger charge is 2.39. The Kier molecular flexibility index (Phi) is 5.86. The SMILES string of the molecule is COc1ccc(C(=O)N2CCC2C(=O)O)c(NC(=O)OCC2c3ccccc3-c3ccccc32)c1. The second kappa shape index (κ2) is 9.13. The third-order valence-corrected chi connectivity index (χ3v) is 6.60. The zero-order chi connectivity index (χ0) is 24.5. The Labute approximate surface area is 202 Å².